The van der Waals surface area contributed by atoms with E-state index in [-0.39, 0.29) is 5.82 Å². The minimum Gasteiger partial charge on any atom is -0.384 e. The first-order chi connectivity index (χ1) is 14.4. The predicted octanol–water partition coefficient (Wildman–Crippen LogP) is 0.440. The highest BCUT2D eigenvalue weighted by Gasteiger charge is 2.49. The van der Waals surface area contributed by atoms with Crippen LogP contribution in [-0.2, 0) is 24.4 Å². The summed E-state index contributed by atoms with van der Waals surface area (Å²) in [4.78, 5) is 63.6. The lowest BCUT2D eigenvalue weighted by atomic mass is 9.90. The summed E-state index contributed by atoms with van der Waals surface area (Å²) in [7, 11) is 2.53. The van der Waals surface area contributed by atoms with Crippen LogP contribution in [0, 0.1) is 0 Å². The Morgan fingerprint density at radius 1 is 1.06 bits per heavy atom. The van der Waals surface area contributed by atoms with Gasteiger partial charge in [0.2, 0.25) is 0 Å². The van der Waals surface area contributed by atoms with Crippen LogP contribution in [0.15, 0.2) is 33.9 Å². The van der Waals surface area contributed by atoms with Crippen LogP contribution in [0.5, 0.6) is 0 Å². The maximum atomic E-state index is 13.1. The van der Waals surface area contributed by atoms with E-state index in [1.54, 1.807) is 19.1 Å². The first kappa shape index (κ1) is 22.0. The molecule has 10 nitrogen and oxygen atoms in total. The Morgan fingerprint density at radius 2 is 1.65 bits per heavy atom. The third-order valence-corrected chi connectivity index (χ3v) is 5.72. The molecule has 0 radical (unpaired) electrons. The fourth-order valence-corrected chi connectivity index (χ4v) is 3.58. The van der Waals surface area contributed by atoms with Crippen LogP contribution in [-0.4, -0.2) is 38.3 Å². The zero-order valence-corrected chi connectivity index (χ0v) is 18.1. The smallest absolute Gasteiger partial charge is 0.332 e. The van der Waals surface area contributed by atoms with Crippen molar-refractivity contribution in [3.8, 4) is 0 Å². The van der Waals surface area contributed by atoms with Gasteiger partial charge in [-0.1, -0.05) is 38.1 Å². The number of Topliss-reactive ketones (excluding diaryl/α,β-unsaturated/α-hetero) is 1. The maximum absolute atomic E-state index is 13.1. The third-order valence-electron chi connectivity index (χ3n) is 5.72. The van der Waals surface area contributed by atoms with Crippen molar-refractivity contribution < 1.29 is 14.4 Å². The van der Waals surface area contributed by atoms with Crippen LogP contribution in [0.2, 0.25) is 0 Å². The zero-order chi connectivity index (χ0) is 23.2. The van der Waals surface area contributed by atoms with Crippen LogP contribution < -0.4 is 22.3 Å². The summed E-state index contributed by atoms with van der Waals surface area (Å²) < 4.78 is 1.71. The van der Waals surface area contributed by atoms with Crippen molar-refractivity contribution in [2.75, 3.05) is 12.3 Å². The molecule has 0 saturated carbocycles. The molecule has 1 unspecified atom stereocenters. The Balaban J connectivity index is 1.93. The molecule has 3 rings (SSSR count). The molecule has 164 valence electrons. The molecular formula is C21H25N5O5. The van der Waals surface area contributed by atoms with Crippen molar-refractivity contribution in [3.63, 3.8) is 0 Å². The molecule has 1 aromatic carbocycles. The molecule has 1 aliphatic heterocycles. The lowest BCUT2D eigenvalue weighted by Gasteiger charge is -2.23. The molecule has 1 fully saturated rings. The van der Waals surface area contributed by atoms with Crippen LogP contribution in [0.4, 0.5) is 10.6 Å². The van der Waals surface area contributed by atoms with Gasteiger partial charge < -0.3 is 11.1 Å². The summed E-state index contributed by atoms with van der Waals surface area (Å²) in [5, 5.41) is 2.63. The zero-order valence-electron chi connectivity index (χ0n) is 18.1. The number of benzene rings is 1. The number of urea groups is 1. The largest absolute Gasteiger partial charge is 0.384 e. The Labute approximate surface area is 178 Å². The molecule has 1 atom stereocenters. The molecule has 31 heavy (non-hydrogen) atoms. The number of nitrogens with two attached hydrogens (primary N) is 1. The fourth-order valence-electron chi connectivity index (χ4n) is 3.58. The molecular weight excluding hydrogens is 402 g/mol. The second-order valence-corrected chi connectivity index (χ2v) is 8.11. The van der Waals surface area contributed by atoms with E-state index in [1.165, 1.54) is 14.1 Å². The minimum absolute atomic E-state index is 0.305. The molecule has 0 bridgehead atoms. The summed E-state index contributed by atoms with van der Waals surface area (Å²) in [6.07, 6.45) is 0. The molecule has 1 aromatic heterocycles. The van der Waals surface area contributed by atoms with Gasteiger partial charge in [0.1, 0.15) is 16.9 Å². The normalized spacial score (nSPS) is 18.6. The molecule has 0 aliphatic carbocycles. The van der Waals surface area contributed by atoms with Gasteiger partial charge in [0, 0.05) is 14.1 Å². The quantitative estimate of drug-likeness (QED) is 0.525. The number of nitrogens with one attached hydrogen (secondary N) is 1. The second-order valence-electron chi connectivity index (χ2n) is 8.11. The van der Waals surface area contributed by atoms with E-state index < -0.39 is 46.6 Å². The lowest BCUT2D eigenvalue weighted by Crippen LogP contribution is -2.44. The Hall–Kier alpha value is -3.69. The number of carbonyl (C=O) groups excluding carboxylic acids is 3. The molecule has 3 amide bonds. The molecule has 1 aliphatic rings. The van der Waals surface area contributed by atoms with Gasteiger partial charge in [-0.15, -0.1) is 0 Å². The van der Waals surface area contributed by atoms with Crippen LogP contribution in [0.25, 0.3) is 0 Å². The number of aromatic nitrogens is 2. The summed E-state index contributed by atoms with van der Waals surface area (Å²) in [6.45, 7) is 4.97. The standard InChI is InChI=1S/C21H25N5O5/c1-11(2)12-6-8-13(9-7-12)21(3)18(29)26(19(30)23-21)10-14(27)15-16(22)24(4)20(31)25(5)17(15)28/h6-9,11H,10,22H2,1-5H3,(H,23,30). The number of hydrogen-bond donors (Lipinski definition) is 2. The number of anilines is 1. The highest BCUT2D eigenvalue weighted by Crippen LogP contribution is 2.30. The van der Waals surface area contributed by atoms with Crippen molar-refractivity contribution >= 4 is 23.5 Å². The van der Waals surface area contributed by atoms with Crippen molar-refractivity contribution in [1.82, 2.24) is 19.4 Å². The summed E-state index contributed by atoms with van der Waals surface area (Å²) in [6, 6.07) is 6.54. The monoisotopic (exact) mass is 427 g/mol. The lowest BCUT2D eigenvalue weighted by molar-refractivity contribution is -0.130. The molecule has 10 heteroatoms. The van der Waals surface area contributed by atoms with E-state index in [9.17, 15) is 24.0 Å². The van der Waals surface area contributed by atoms with Gasteiger partial charge in [0.25, 0.3) is 11.5 Å². The number of hydrogen-bond acceptors (Lipinski definition) is 6. The van der Waals surface area contributed by atoms with E-state index in [0.29, 0.717) is 11.5 Å². The van der Waals surface area contributed by atoms with Crippen molar-refractivity contribution in [1.29, 1.82) is 0 Å². The maximum Gasteiger partial charge on any atom is 0.332 e. The van der Waals surface area contributed by atoms with Crippen LogP contribution in [0.3, 0.4) is 0 Å². The van der Waals surface area contributed by atoms with Crippen molar-refractivity contribution in [2.45, 2.75) is 32.2 Å². The van der Waals surface area contributed by atoms with Gasteiger partial charge in [0.05, 0.1) is 6.54 Å². The highest BCUT2D eigenvalue weighted by atomic mass is 16.2. The number of carbonyl (C=O) groups is 3. The number of nitrogens with zero attached hydrogens (tertiary/aromatic N) is 3. The van der Waals surface area contributed by atoms with Gasteiger partial charge in [-0.05, 0) is 24.0 Å². The van der Waals surface area contributed by atoms with E-state index in [0.717, 1.165) is 19.6 Å². The number of nitrogen functional groups attached to an aromatic ring is 1. The van der Waals surface area contributed by atoms with Gasteiger partial charge in [0.15, 0.2) is 5.78 Å². The Bertz CT molecular complexity index is 1210. The fraction of sp³-hybridized carbons (Fsp3) is 0.381. The van der Waals surface area contributed by atoms with Crippen molar-refractivity contribution in [2.24, 2.45) is 14.1 Å². The molecule has 2 aromatic rings. The van der Waals surface area contributed by atoms with Gasteiger partial charge in [-0.25, -0.2) is 9.59 Å². The number of amides is 3. The topological polar surface area (TPSA) is 136 Å². The third kappa shape index (κ3) is 3.43. The molecule has 3 N–H and O–H groups in total. The molecule has 2 heterocycles. The van der Waals surface area contributed by atoms with Gasteiger partial charge in [-0.3, -0.25) is 28.4 Å². The Morgan fingerprint density at radius 3 is 2.19 bits per heavy atom. The average Bonchev–Trinajstić information content (AvgIpc) is 2.95. The summed E-state index contributed by atoms with van der Waals surface area (Å²) in [5.74, 6) is -1.48. The molecule has 0 spiro atoms. The summed E-state index contributed by atoms with van der Waals surface area (Å²) in [5.41, 5.74) is 4.09. The van der Waals surface area contributed by atoms with Crippen molar-refractivity contribution in [3.05, 3.63) is 61.8 Å². The Kier molecular flexibility index (Phi) is 5.35. The van der Waals surface area contributed by atoms with E-state index in [2.05, 4.69) is 5.32 Å². The van der Waals surface area contributed by atoms with E-state index >= 15 is 0 Å². The van der Waals surface area contributed by atoms with Gasteiger partial charge >= 0.3 is 11.7 Å². The van der Waals surface area contributed by atoms with E-state index in [4.69, 9.17) is 5.73 Å². The predicted molar refractivity (Wildman–Crippen MR) is 114 cm³/mol. The molecule has 1 saturated heterocycles. The second kappa shape index (κ2) is 7.53. The number of imide groups is 1. The van der Waals surface area contributed by atoms with Crippen LogP contribution in [0.1, 0.15) is 48.2 Å². The SMILES string of the molecule is CC(C)c1ccc(C2(C)NC(=O)N(CC(=O)c3c(N)n(C)c(=O)n(C)c3=O)C2=O)cc1. The summed E-state index contributed by atoms with van der Waals surface area (Å²) >= 11 is 0. The van der Waals surface area contributed by atoms with Gasteiger partial charge in [-0.2, -0.15) is 0 Å². The number of ketones is 1. The van der Waals surface area contributed by atoms with Crippen LogP contribution >= 0.6 is 0 Å². The van der Waals surface area contributed by atoms with E-state index in [1.807, 2.05) is 26.0 Å². The first-order valence-corrected chi connectivity index (χ1v) is 9.73. The number of rotatable bonds is 5. The first-order valence-electron chi connectivity index (χ1n) is 9.73. The minimum atomic E-state index is -1.35. The highest BCUT2D eigenvalue weighted by molar-refractivity contribution is 6.12. The average molecular weight is 427 g/mol.